The lowest BCUT2D eigenvalue weighted by molar-refractivity contribution is 0.0692. The molecule has 108 valence electrons. The Balaban J connectivity index is 2.52. The first-order chi connectivity index (χ1) is 8.99. The van der Waals surface area contributed by atoms with Crippen molar-refractivity contribution in [3.63, 3.8) is 0 Å². The van der Waals surface area contributed by atoms with Gasteiger partial charge in [0, 0.05) is 19.8 Å². The molecule has 0 bridgehead atoms. The Morgan fingerprint density at radius 3 is 2.89 bits per heavy atom. The molecule has 9 heteroatoms. The van der Waals surface area contributed by atoms with Gasteiger partial charge in [-0.2, -0.15) is 5.10 Å². The van der Waals surface area contributed by atoms with Crippen molar-refractivity contribution < 1.29 is 23.1 Å². The monoisotopic (exact) mass is 291 g/mol. The number of aromatic carboxylic acids is 1. The van der Waals surface area contributed by atoms with E-state index in [1.807, 2.05) is 6.92 Å². The minimum atomic E-state index is -3.89. The van der Waals surface area contributed by atoms with Gasteiger partial charge in [0.05, 0.1) is 6.20 Å². The zero-order chi connectivity index (χ0) is 14.3. The highest BCUT2D eigenvalue weighted by atomic mass is 32.2. The number of nitrogens with one attached hydrogen (secondary N) is 2. The van der Waals surface area contributed by atoms with Crippen molar-refractivity contribution in [2.75, 3.05) is 19.8 Å². The fraction of sp³-hybridized carbons (Fsp3) is 0.600. The lowest BCUT2D eigenvalue weighted by atomic mass is 10.4. The van der Waals surface area contributed by atoms with Crippen LogP contribution in [0.1, 0.15) is 30.1 Å². The maximum Gasteiger partial charge on any atom is 0.340 e. The molecule has 0 unspecified atom stereocenters. The van der Waals surface area contributed by atoms with Crippen molar-refractivity contribution in [1.29, 1.82) is 0 Å². The Hall–Kier alpha value is -1.45. The summed E-state index contributed by atoms with van der Waals surface area (Å²) < 4.78 is 31.1. The summed E-state index contributed by atoms with van der Waals surface area (Å²) in [5.41, 5.74) is -0.380. The first kappa shape index (κ1) is 15.6. The number of hydrogen-bond acceptors (Lipinski definition) is 5. The number of nitrogens with zero attached hydrogens (tertiary/aromatic N) is 1. The summed E-state index contributed by atoms with van der Waals surface area (Å²) in [6.07, 6.45) is 2.37. The van der Waals surface area contributed by atoms with Crippen LogP contribution in [0.5, 0.6) is 0 Å². The van der Waals surface area contributed by atoms with Gasteiger partial charge in [-0.1, -0.05) is 6.92 Å². The highest BCUT2D eigenvalue weighted by Gasteiger charge is 2.24. The number of rotatable bonds is 9. The predicted octanol–water partition coefficient (Wildman–Crippen LogP) is 0.203. The molecule has 0 aliphatic carbocycles. The van der Waals surface area contributed by atoms with Gasteiger partial charge in [0.1, 0.15) is 5.56 Å². The molecule has 0 amide bonds. The van der Waals surface area contributed by atoms with E-state index in [0.29, 0.717) is 19.6 Å². The van der Waals surface area contributed by atoms with Crippen LogP contribution in [0.2, 0.25) is 0 Å². The minimum absolute atomic E-state index is 0.171. The van der Waals surface area contributed by atoms with Gasteiger partial charge in [-0.05, 0) is 12.8 Å². The van der Waals surface area contributed by atoms with Gasteiger partial charge in [-0.15, -0.1) is 0 Å². The average molecular weight is 291 g/mol. The van der Waals surface area contributed by atoms with Gasteiger partial charge >= 0.3 is 5.97 Å². The molecular formula is C10H17N3O5S. The van der Waals surface area contributed by atoms with Crippen molar-refractivity contribution in [3.8, 4) is 0 Å². The van der Waals surface area contributed by atoms with E-state index in [2.05, 4.69) is 14.9 Å². The molecule has 0 fully saturated rings. The Bertz CT molecular complexity index is 511. The molecule has 0 saturated heterocycles. The normalized spacial score (nSPS) is 11.6. The van der Waals surface area contributed by atoms with E-state index in [1.54, 1.807) is 0 Å². The highest BCUT2D eigenvalue weighted by molar-refractivity contribution is 7.89. The summed E-state index contributed by atoms with van der Waals surface area (Å²) in [7, 11) is -3.89. The number of sulfonamides is 1. The minimum Gasteiger partial charge on any atom is -0.478 e. The van der Waals surface area contributed by atoms with Gasteiger partial charge in [0.25, 0.3) is 10.0 Å². The van der Waals surface area contributed by atoms with Crippen LogP contribution >= 0.6 is 0 Å². The Morgan fingerprint density at radius 1 is 1.53 bits per heavy atom. The van der Waals surface area contributed by atoms with Crippen molar-refractivity contribution in [3.05, 3.63) is 11.8 Å². The summed E-state index contributed by atoms with van der Waals surface area (Å²) in [5.74, 6) is -1.35. The van der Waals surface area contributed by atoms with Gasteiger partial charge in [0.15, 0.2) is 5.03 Å². The molecule has 0 saturated carbocycles. The van der Waals surface area contributed by atoms with Crippen molar-refractivity contribution in [1.82, 2.24) is 14.9 Å². The molecule has 8 nitrogen and oxygen atoms in total. The molecule has 1 aromatic heterocycles. The van der Waals surface area contributed by atoms with Crippen LogP contribution in [0.4, 0.5) is 0 Å². The van der Waals surface area contributed by atoms with E-state index >= 15 is 0 Å². The second kappa shape index (κ2) is 7.22. The van der Waals surface area contributed by atoms with E-state index < -0.39 is 21.0 Å². The molecule has 0 aliphatic heterocycles. The SMILES string of the molecule is CCCOCCCNS(=O)(=O)c1[nH]ncc1C(=O)O. The molecule has 1 aromatic rings. The number of aromatic nitrogens is 2. The van der Waals surface area contributed by atoms with Crippen LogP contribution in [0.25, 0.3) is 0 Å². The van der Waals surface area contributed by atoms with Crippen LogP contribution in [-0.2, 0) is 14.8 Å². The molecule has 19 heavy (non-hydrogen) atoms. The van der Waals surface area contributed by atoms with Crippen LogP contribution in [0.15, 0.2) is 11.2 Å². The average Bonchev–Trinajstić information content (AvgIpc) is 2.83. The number of carbonyl (C=O) groups is 1. The quantitative estimate of drug-likeness (QED) is 0.559. The topological polar surface area (TPSA) is 121 Å². The Morgan fingerprint density at radius 2 is 2.26 bits per heavy atom. The molecule has 0 atom stereocenters. The number of ether oxygens (including phenoxy) is 1. The number of carboxylic acid groups (broad SMARTS) is 1. The van der Waals surface area contributed by atoms with E-state index in [9.17, 15) is 13.2 Å². The molecule has 0 aliphatic rings. The Kier molecular flexibility index (Phi) is 5.93. The number of H-pyrrole nitrogens is 1. The molecule has 0 spiro atoms. The van der Waals surface area contributed by atoms with E-state index in [4.69, 9.17) is 9.84 Å². The predicted molar refractivity (Wildman–Crippen MR) is 66.5 cm³/mol. The van der Waals surface area contributed by atoms with Gasteiger partial charge < -0.3 is 9.84 Å². The zero-order valence-electron chi connectivity index (χ0n) is 10.5. The number of carboxylic acids is 1. The maximum absolute atomic E-state index is 11.8. The first-order valence-corrected chi connectivity index (χ1v) is 7.31. The van der Waals surface area contributed by atoms with E-state index in [0.717, 1.165) is 12.6 Å². The van der Waals surface area contributed by atoms with Crippen LogP contribution in [0, 0.1) is 0 Å². The fourth-order valence-corrected chi connectivity index (χ4v) is 2.49. The maximum atomic E-state index is 11.8. The van der Waals surface area contributed by atoms with Gasteiger partial charge in [-0.3, -0.25) is 5.10 Å². The second-order valence-electron chi connectivity index (χ2n) is 3.78. The molecule has 3 N–H and O–H groups in total. The van der Waals surface area contributed by atoms with Gasteiger partial charge in [-0.25, -0.2) is 17.9 Å². The van der Waals surface area contributed by atoms with Crippen molar-refractivity contribution in [2.24, 2.45) is 0 Å². The zero-order valence-corrected chi connectivity index (χ0v) is 11.4. The summed E-state index contributed by atoms with van der Waals surface area (Å²) in [6.45, 7) is 3.24. The standard InChI is InChI=1S/C10H17N3O5S/c1-2-5-18-6-3-4-12-19(16,17)9-8(10(14)15)7-11-13-9/h7,12H,2-6H2,1H3,(H,11,13)(H,14,15). The molecular weight excluding hydrogens is 274 g/mol. The lowest BCUT2D eigenvalue weighted by Crippen LogP contribution is -2.27. The third kappa shape index (κ3) is 4.62. The molecule has 1 rings (SSSR count). The summed E-state index contributed by atoms with van der Waals surface area (Å²) in [4.78, 5) is 10.8. The van der Waals surface area contributed by atoms with Crippen LogP contribution < -0.4 is 4.72 Å². The number of aromatic amines is 1. The lowest BCUT2D eigenvalue weighted by Gasteiger charge is -2.06. The largest absolute Gasteiger partial charge is 0.478 e. The molecule has 1 heterocycles. The van der Waals surface area contributed by atoms with E-state index in [-0.39, 0.29) is 12.1 Å². The first-order valence-electron chi connectivity index (χ1n) is 5.83. The molecule has 0 radical (unpaired) electrons. The van der Waals surface area contributed by atoms with Crippen LogP contribution in [-0.4, -0.2) is 49.4 Å². The van der Waals surface area contributed by atoms with Crippen molar-refractivity contribution in [2.45, 2.75) is 24.8 Å². The fourth-order valence-electron chi connectivity index (χ4n) is 1.33. The summed E-state index contributed by atoms with van der Waals surface area (Å²) in [5, 5.41) is 14.0. The molecule has 0 aromatic carbocycles. The van der Waals surface area contributed by atoms with Crippen LogP contribution in [0.3, 0.4) is 0 Å². The van der Waals surface area contributed by atoms with Crippen molar-refractivity contribution >= 4 is 16.0 Å². The second-order valence-corrected chi connectivity index (χ2v) is 5.49. The number of hydrogen-bond donors (Lipinski definition) is 3. The summed E-state index contributed by atoms with van der Waals surface area (Å²) in [6, 6.07) is 0. The highest BCUT2D eigenvalue weighted by Crippen LogP contribution is 2.11. The third-order valence-electron chi connectivity index (χ3n) is 2.21. The Labute approximate surface area is 111 Å². The third-order valence-corrected chi connectivity index (χ3v) is 3.64. The smallest absolute Gasteiger partial charge is 0.340 e. The van der Waals surface area contributed by atoms with E-state index in [1.165, 1.54) is 0 Å². The van der Waals surface area contributed by atoms with Gasteiger partial charge in [0.2, 0.25) is 0 Å². The summed E-state index contributed by atoms with van der Waals surface area (Å²) >= 11 is 0.